The second-order valence-corrected chi connectivity index (χ2v) is 4.93. The Labute approximate surface area is 126 Å². The first kappa shape index (κ1) is 15.2. The number of hydrogen-bond donors (Lipinski definition) is 1. The largest absolute Gasteiger partial charge is 0.491 e. The predicted octanol–water partition coefficient (Wildman–Crippen LogP) is 2.96. The van der Waals surface area contributed by atoms with Crippen LogP contribution in [0, 0.1) is 0 Å². The van der Waals surface area contributed by atoms with Gasteiger partial charge < -0.3 is 15.0 Å². The molecule has 2 rings (SSSR count). The van der Waals surface area contributed by atoms with E-state index >= 15 is 0 Å². The molecule has 0 spiro atoms. The van der Waals surface area contributed by atoms with Crippen LogP contribution in [0.3, 0.4) is 0 Å². The molecule has 1 amide bonds. The fourth-order valence-corrected chi connectivity index (χ4v) is 2.26. The fraction of sp³-hybridized carbons (Fsp3) is 0.353. The molecule has 0 aromatic heterocycles. The number of fused-ring (bicyclic) bond motifs is 1. The maximum Gasteiger partial charge on any atom is 0.230 e. The number of benzene rings is 1. The number of allylic oxidation sites excluding steroid dienone is 3. The van der Waals surface area contributed by atoms with Crippen molar-refractivity contribution in [1.29, 1.82) is 0 Å². The Bertz CT molecular complexity index is 576. The molecule has 0 radical (unpaired) electrons. The molecule has 112 valence electrons. The van der Waals surface area contributed by atoms with Gasteiger partial charge in [-0.15, -0.1) is 0 Å². The van der Waals surface area contributed by atoms with Gasteiger partial charge in [-0.3, -0.25) is 4.79 Å². The molecule has 1 aliphatic heterocycles. The number of nitrogens with one attached hydrogen (secondary N) is 1. The normalized spacial score (nSPS) is 15.7. The van der Waals surface area contributed by atoms with Crippen molar-refractivity contribution in [3.63, 3.8) is 0 Å². The van der Waals surface area contributed by atoms with Gasteiger partial charge in [-0.25, -0.2) is 0 Å². The van der Waals surface area contributed by atoms with E-state index in [9.17, 15) is 4.79 Å². The van der Waals surface area contributed by atoms with Crippen molar-refractivity contribution in [2.45, 2.75) is 19.8 Å². The first-order chi connectivity index (χ1) is 10.2. The molecule has 0 fully saturated rings. The molecule has 4 heteroatoms. The van der Waals surface area contributed by atoms with Crippen LogP contribution in [0.5, 0.6) is 5.75 Å². The summed E-state index contributed by atoms with van der Waals surface area (Å²) < 4.78 is 5.65. The van der Waals surface area contributed by atoms with Crippen LogP contribution in [0.4, 0.5) is 5.69 Å². The Hall–Kier alpha value is -2.23. The number of nitrogens with zero attached hydrogens (tertiary/aromatic N) is 1. The third-order valence-corrected chi connectivity index (χ3v) is 3.43. The summed E-state index contributed by atoms with van der Waals surface area (Å²) in [5.74, 6) is 0.838. The summed E-state index contributed by atoms with van der Waals surface area (Å²) >= 11 is 0. The smallest absolute Gasteiger partial charge is 0.230 e. The Balaban J connectivity index is 2.43. The molecule has 1 aromatic carbocycles. The second kappa shape index (κ2) is 6.97. The van der Waals surface area contributed by atoms with Crippen LogP contribution in [-0.2, 0) is 4.79 Å². The summed E-state index contributed by atoms with van der Waals surface area (Å²) in [7, 11) is 3.67. The summed E-state index contributed by atoms with van der Waals surface area (Å²) in [5.41, 5.74) is 2.95. The van der Waals surface area contributed by atoms with Crippen LogP contribution in [0.25, 0.3) is 5.57 Å². The Morgan fingerprint density at radius 1 is 1.48 bits per heavy atom. The third-order valence-electron chi connectivity index (χ3n) is 3.43. The van der Waals surface area contributed by atoms with Crippen LogP contribution in [-0.4, -0.2) is 26.6 Å². The van der Waals surface area contributed by atoms with E-state index in [1.165, 1.54) is 0 Å². The lowest BCUT2D eigenvalue weighted by atomic mass is 10.0. The quantitative estimate of drug-likeness (QED) is 0.865. The van der Waals surface area contributed by atoms with Crippen molar-refractivity contribution in [3.05, 3.63) is 42.1 Å². The van der Waals surface area contributed by atoms with Gasteiger partial charge in [0.05, 0.1) is 18.7 Å². The standard InChI is InChI=1S/C17H22N2O2/c1-4-5-6-14(12-18-2)13-7-8-16-15(11-13)19(3)17(20)9-10-21-16/h5-8,11-12,18H,4,9-10H2,1-3H3/b6-5+,14-12+. The average Bonchev–Trinajstić information content (AvgIpc) is 2.63. The Morgan fingerprint density at radius 2 is 2.29 bits per heavy atom. The molecule has 1 N–H and O–H groups in total. The van der Waals surface area contributed by atoms with E-state index in [1.807, 2.05) is 31.4 Å². The van der Waals surface area contributed by atoms with Crippen molar-refractivity contribution in [2.75, 3.05) is 25.6 Å². The summed E-state index contributed by atoms with van der Waals surface area (Å²) in [6.45, 7) is 2.54. The lowest BCUT2D eigenvalue weighted by Gasteiger charge is -2.17. The van der Waals surface area contributed by atoms with Gasteiger partial charge in [0, 0.05) is 20.3 Å². The molecule has 1 aliphatic rings. The lowest BCUT2D eigenvalue weighted by Crippen LogP contribution is -2.25. The molecular weight excluding hydrogens is 264 g/mol. The zero-order valence-electron chi connectivity index (χ0n) is 12.8. The van der Waals surface area contributed by atoms with Gasteiger partial charge in [-0.2, -0.15) is 0 Å². The second-order valence-electron chi connectivity index (χ2n) is 4.93. The molecular formula is C17H22N2O2. The number of carbonyl (C=O) groups is 1. The lowest BCUT2D eigenvalue weighted by molar-refractivity contribution is -0.118. The molecule has 0 saturated carbocycles. The van der Waals surface area contributed by atoms with E-state index < -0.39 is 0 Å². The van der Waals surface area contributed by atoms with Crippen LogP contribution in [0.15, 0.2) is 36.6 Å². The van der Waals surface area contributed by atoms with E-state index in [2.05, 4.69) is 24.4 Å². The summed E-state index contributed by atoms with van der Waals surface area (Å²) in [5, 5.41) is 3.06. The Kier molecular flexibility index (Phi) is 5.04. The van der Waals surface area contributed by atoms with Gasteiger partial charge in [0.25, 0.3) is 0 Å². The monoisotopic (exact) mass is 286 g/mol. The average molecular weight is 286 g/mol. The van der Waals surface area contributed by atoms with Crippen LogP contribution >= 0.6 is 0 Å². The van der Waals surface area contributed by atoms with Crippen molar-refractivity contribution >= 4 is 17.2 Å². The number of hydrogen-bond acceptors (Lipinski definition) is 3. The van der Waals surface area contributed by atoms with Gasteiger partial charge in [0.2, 0.25) is 5.91 Å². The molecule has 0 bridgehead atoms. The van der Waals surface area contributed by atoms with Crippen LogP contribution in [0.1, 0.15) is 25.3 Å². The van der Waals surface area contributed by atoms with Gasteiger partial charge in [0.1, 0.15) is 5.75 Å². The first-order valence-electron chi connectivity index (χ1n) is 7.25. The first-order valence-corrected chi connectivity index (χ1v) is 7.25. The highest BCUT2D eigenvalue weighted by atomic mass is 16.5. The zero-order chi connectivity index (χ0) is 15.2. The molecule has 0 saturated heterocycles. The Morgan fingerprint density at radius 3 is 3.00 bits per heavy atom. The van der Waals surface area contributed by atoms with E-state index in [-0.39, 0.29) is 5.91 Å². The minimum Gasteiger partial charge on any atom is -0.491 e. The van der Waals surface area contributed by atoms with Crippen molar-refractivity contribution < 1.29 is 9.53 Å². The number of carbonyl (C=O) groups excluding carboxylic acids is 1. The summed E-state index contributed by atoms with van der Waals surface area (Å²) in [6, 6.07) is 5.95. The van der Waals surface area contributed by atoms with Gasteiger partial charge in [0.15, 0.2) is 0 Å². The molecule has 4 nitrogen and oxygen atoms in total. The molecule has 1 heterocycles. The third kappa shape index (κ3) is 3.45. The van der Waals surface area contributed by atoms with Gasteiger partial charge >= 0.3 is 0 Å². The number of anilines is 1. The molecule has 0 atom stereocenters. The van der Waals surface area contributed by atoms with E-state index in [0.717, 1.165) is 29.0 Å². The number of amides is 1. The van der Waals surface area contributed by atoms with Crippen molar-refractivity contribution in [2.24, 2.45) is 0 Å². The summed E-state index contributed by atoms with van der Waals surface area (Å²) in [4.78, 5) is 13.6. The minimum atomic E-state index is 0.0779. The molecule has 0 unspecified atom stereocenters. The van der Waals surface area contributed by atoms with Crippen LogP contribution < -0.4 is 15.0 Å². The van der Waals surface area contributed by atoms with Gasteiger partial charge in [-0.05, 0) is 29.7 Å². The van der Waals surface area contributed by atoms with Crippen LogP contribution in [0.2, 0.25) is 0 Å². The van der Waals surface area contributed by atoms with Crippen molar-refractivity contribution in [3.8, 4) is 5.75 Å². The van der Waals surface area contributed by atoms with E-state index in [0.29, 0.717) is 13.0 Å². The molecule has 1 aromatic rings. The molecule has 0 aliphatic carbocycles. The van der Waals surface area contributed by atoms with Crippen molar-refractivity contribution in [1.82, 2.24) is 5.32 Å². The summed E-state index contributed by atoms with van der Waals surface area (Å²) in [6.07, 6.45) is 7.54. The highest BCUT2D eigenvalue weighted by Crippen LogP contribution is 2.33. The SMILES string of the molecule is CC/C=C/C(=C\NC)c1ccc2c(c1)N(C)C(=O)CCO2. The zero-order valence-corrected chi connectivity index (χ0v) is 12.8. The highest BCUT2D eigenvalue weighted by Gasteiger charge is 2.20. The van der Waals surface area contributed by atoms with Gasteiger partial charge in [-0.1, -0.05) is 25.1 Å². The highest BCUT2D eigenvalue weighted by molar-refractivity contribution is 5.96. The minimum absolute atomic E-state index is 0.0779. The molecule has 21 heavy (non-hydrogen) atoms. The van der Waals surface area contributed by atoms with E-state index in [1.54, 1.807) is 11.9 Å². The fourth-order valence-electron chi connectivity index (χ4n) is 2.26. The predicted molar refractivity (Wildman–Crippen MR) is 86.4 cm³/mol. The topological polar surface area (TPSA) is 41.6 Å². The van der Waals surface area contributed by atoms with E-state index in [4.69, 9.17) is 4.74 Å². The number of ether oxygens (including phenoxy) is 1. The maximum absolute atomic E-state index is 12.0. The number of rotatable bonds is 4. The maximum atomic E-state index is 12.0.